The number of halogens is 1. The highest BCUT2D eigenvalue weighted by Crippen LogP contribution is 2.17. The summed E-state index contributed by atoms with van der Waals surface area (Å²) in [5.41, 5.74) is 2.29. The molecular weight excluding hydrogens is 461 g/mol. The molecule has 0 spiro atoms. The molecule has 1 amide bonds. The predicted octanol–water partition coefficient (Wildman–Crippen LogP) is 4.30. The van der Waals surface area contributed by atoms with E-state index in [-0.39, 0.29) is 21.6 Å². The Labute approximate surface area is 205 Å². The van der Waals surface area contributed by atoms with E-state index in [1.54, 1.807) is 54.6 Å². The van der Waals surface area contributed by atoms with Crippen molar-refractivity contribution in [2.75, 3.05) is 5.32 Å². The smallest absolute Gasteiger partial charge is 0.273 e. The molecule has 0 saturated heterocycles. The predicted molar refractivity (Wildman–Crippen MR) is 137 cm³/mol. The molecule has 0 fully saturated rings. The van der Waals surface area contributed by atoms with Crippen molar-refractivity contribution < 1.29 is 9.18 Å². The molecule has 0 aliphatic rings. The van der Waals surface area contributed by atoms with Gasteiger partial charge >= 0.3 is 0 Å². The van der Waals surface area contributed by atoms with Crippen LogP contribution in [0.1, 0.15) is 30.9 Å². The van der Waals surface area contributed by atoms with Crippen LogP contribution in [-0.4, -0.2) is 10.5 Å². The molecule has 0 unspecified atom stereocenters. The zero-order chi connectivity index (χ0) is 24.9. The Kier molecular flexibility index (Phi) is 7.04. The molecule has 4 rings (SSSR count). The first-order valence-electron chi connectivity index (χ1n) is 11.0. The van der Waals surface area contributed by atoms with Crippen LogP contribution < -0.4 is 20.1 Å². The molecule has 7 heteroatoms. The van der Waals surface area contributed by atoms with Crippen molar-refractivity contribution in [1.29, 1.82) is 5.26 Å². The zero-order valence-corrected chi connectivity index (χ0v) is 20.0. The van der Waals surface area contributed by atoms with Gasteiger partial charge < -0.3 is 5.32 Å². The number of anilines is 1. The van der Waals surface area contributed by atoms with Crippen LogP contribution in [0.5, 0.6) is 0 Å². The number of para-hydroxylation sites is 1. The number of thiazole rings is 1. The average Bonchev–Trinajstić information content (AvgIpc) is 3.17. The van der Waals surface area contributed by atoms with Crippen LogP contribution in [0, 0.1) is 17.1 Å². The number of aromatic nitrogens is 1. The van der Waals surface area contributed by atoms with Crippen LogP contribution in [0.15, 0.2) is 83.7 Å². The highest BCUT2D eigenvalue weighted by Gasteiger charge is 2.17. The van der Waals surface area contributed by atoms with Crippen LogP contribution >= 0.6 is 11.3 Å². The molecule has 0 aliphatic heterocycles. The van der Waals surface area contributed by atoms with Gasteiger partial charge in [0.25, 0.3) is 11.5 Å². The maximum absolute atomic E-state index is 13.4. The monoisotopic (exact) mass is 483 g/mol. The number of carbonyl (C=O) groups is 1. The molecule has 3 aromatic carbocycles. The summed E-state index contributed by atoms with van der Waals surface area (Å²) in [6.45, 7) is 4.16. The largest absolute Gasteiger partial charge is 0.321 e. The van der Waals surface area contributed by atoms with E-state index in [0.717, 1.165) is 16.9 Å². The molecule has 1 heterocycles. The minimum Gasteiger partial charge on any atom is -0.321 e. The standard InChI is InChI=1S/C28H22FN3O2S/c1-18(2)20-10-14-22(15-11-20)31-26(33)24(17-30)28-32(23-6-4-3-5-7-23)27(34)25(35-28)16-19-8-12-21(29)13-9-19/h3-16,18H,1-2H3,(H,31,33). The molecule has 0 aliphatic carbocycles. The molecule has 1 aromatic heterocycles. The van der Waals surface area contributed by atoms with E-state index >= 15 is 0 Å². The maximum Gasteiger partial charge on any atom is 0.273 e. The van der Waals surface area contributed by atoms with Gasteiger partial charge in [0.15, 0.2) is 5.57 Å². The lowest BCUT2D eigenvalue weighted by atomic mass is 10.0. The van der Waals surface area contributed by atoms with E-state index in [2.05, 4.69) is 19.2 Å². The second kappa shape index (κ2) is 10.3. The van der Waals surface area contributed by atoms with Gasteiger partial charge in [0.2, 0.25) is 0 Å². The first-order valence-corrected chi connectivity index (χ1v) is 11.8. The van der Waals surface area contributed by atoms with Crippen LogP contribution in [0.25, 0.3) is 17.3 Å². The fraction of sp³-hybridized carbons (Fsp3) is 0.107. The molecule has 0 saturated carbocycles. The molecule has 174 valence electrons. The van der Waals surface area contributed by atoms with Crippen LogP contribution in [-0.2, 0) is 4.79 Å². The van der Waals surface area contributed by atoms with Crippen molar-refractivity contribution in [1.82, 2.24) is 4.57 Å². The average molecular weight is 484 g/mol. The number of nitrogens with one attached hydrogen (secondary N) is 1. The van der Waals surface area contributed by atoms with E-state index in [4.69, 9.17) is 0 Å². The number of hydrogen-bond acceptors (Lipinski definition) is 4. The lowest BCUT2D eigenvalue weighted by Crippen LogP contribution is -2.32. The Morgan fingerprint density at radius 2 is 1.69 bits per heavy atom. The maximum atomic E-state index is 13.4. The van der Waals surface area contributed by atoms with Gasteiger partial charge in [0.05, 0.1) is 10.2 Å². The topological polar surface area (TPSA) is 74.9 Å². The number of nitrogens with zero attached hydrogens (tertiary/aromatic N) is 2. The van der Waals surface area contributed by atoms with Crippen molar-refractivity contribution in [2.24, 2.45) is 0 Å². The van der Waals surface area contributed by atoms with Crippen LogP contribution in [0.4, 0.5) is 10.1 Å². The summed E-state index contributed by atoms with van der Waals surface area (Å²) in [6.07, 6.45) is 1.62. The lowest BCUT2D eigenvalue weighted by molar-refractivity contribution is -0.111. The van der Waals surface area contributed by atoms with E-state index < -0.39 is 5.91 Å². The molecule has 4 aromatic rings. The van der Waals surface area contributed by atoms with Gasteiger partial charge in [-0.3, -0.25) is 14.2 Å². The van der Waals surface area contributed by atoms with Gasteiger partial charge in [-0.15, -0.1) is 11.3 Å². The summed E-state index contributed by atoms with van der Waals surface area (Å²) in [4.78, 5) is 26.5. The first kappa shape index (κ1) is 23.9. The van der Waals surface area contributed by atoms with Crippen LogP contribution in [0.2, 0.25) is 0 Å². The van der Waals surface area contributed by atoms with Gasteiger partial charge in [0, 0.05) is 5.69 Å². The Morgan fingerprint density at radius 3 is 2.29 bits per heavy atom. The third kappa shape index (κ3) is 5.29. The minimum absolute atomic E-state index is 0.178. The molecular formula is C28H22FN3O2S. The Balaban J connectivity index is 1.87. The third-order valence-corrected chi connectivity index (χ3v) is 6.49. The highest BCUT2D eigenvalue weighted by molar-refractivity contribution is 7.07. The number of benzene rings is 3. The van der Waals surface area contributed by atoms with E-state index in [1.165, 1.54) is 16.7 Å². The molecule has 0 radical (unpaired) electrons. The van der Waals surface area contributed by atoms with Gasteiger partial charge in [-0.25, -0.2) is 4.39 Å². The highest BCUT2D eigenvalue weighted by atomic mass is 32.1. The van der Waals surface area contributed by atoms with E-state index in [9.17, 15) is 19.2 Å². The van der Waals surface area contributed by atoms with E-state index in [0.29, 0.717) is 27.4 Å². The van der Waals surface area contributed by atoms with Crippen molar-refractivity contribution in [3.8, 4) is 11.8 Å². The molecule has 1 N–H and O–H groups in total. The van der Waals surface area contributed by atoms with Crippen molar-refractivity contribution in [3.05, 3.63) is 115 Å². The second-order valence-corrected chi connectivity index (χ2v) is 9.19. The van der Waals surface area contributed by atoms with Crippen molar-refractivity contribution in [2.45, 2.75) is 19.8 Å². The number of amides is 1. The summed E-state index contributed by atoms with van der Waals surface area (Å²) < 4.78 is 15.2. The second-order valence-electron chi connectivity index (χ2n) is 8.16. The minimum atomic E-state index is -0.607. The van der Waals surface area contributed by atoms with Gasteiger partial charge in [-0.2, -0.15) is 5.26 Å². The summed E-state index contributed by atoms with van der Waals surface area (Å²) in [5.74, 6) is -0.638. The van der Waals surface area contributed by atoms with Gasteiger partial charge in [-0.1, -0.05) is 56.3 Å². The fourth-order valence-electron chi connectivity index (χ4n) is 3.51. The summed E-state index contributed by atoms with van der Waals surface area (Å²) in [5, 5.41) is 12.7. The Bertz CT molecular complexity index is 1580. The number of rotatable bonds is 5. The normalized spacial score (nSPS) is 12.4. The number of hydrogen-bond donors (Lipinski definition) is 1. The van der Waals surface area contributed by atoms with E-state index in [1.807, 2.05) is 24.3 Å². The summed E-state index contributed by atoms with van der Waals surface area (Å²) in [7, 11) is 0. The molecule has 0 bridgehead atoms. The Morgan fingerprint density at radius 1 is 1.03 bits per heavy atom. The van der Waals surface area contributed by atoms with Gasteiger partial charge in [0.1, 0.15) is 16.5 Å². The molecule has 5 nitrogen and oxygen atoms in total. The van der Waals surface area contributed by atoms with Crippen molar-refractivity contribution >= 4 is 34.6 Å². The van der Waals surface area contributed by atoms with Crippen LogP contribution in [0.3, 0.4) is 0 Å². The first-order chi connectivity index (χ1) is 16.9. The Hall–Kier alpha value is -4.28. The summed E-state index contributed by atoms with van der Waals surface area (Å²) in [6, 6.07) is 24.0. The third-order valence-electron chi connectivity index (χ3n) is 5.39. The van der Waals surface area contributed by atoms with Gasteiger partial charge in [-0.05, 0) is 59.5 Å². The fourth-order valence-corrected chi connectivity index (χ4v) is 4.61. The van der Waals surface area contributed by atoms with Crippen molar-refractivity contribution in [3.63, 3.8) is 0 Å². The lowest BCUT2D eigenvalue weighted by Gasteiger charge is -2.08. The summed E-state index contributed by atoms with van der Waals surface area (Å²) >= 11 is 1.04. The molecule has 0 atom stereocenters. The number of nitriles is 1. The zero-order valence-electron chi connectivity index (χ0n) is 19.2. The quantitative estimate of drug-likeness (QED) is 0.460. The molecule has 35 heavy (non-hydrogen) atoms. The number of carbonyl (C=O) groups excluding carboxylic acids is 1. The SMILES string of the molecule is CC(C)c1ccc(NC(=O)C(C#N)=c2sc(=Cc3ccc(F)cc3)c(=O)n2-c2ccccc2)cc1.